The number of hydrogen-bond donors (Lipinski definition) is 1. The van der Waals surface area contributed by atoms with E-state index >= 15 is 0 Å². The van der Waals surface area contributed by atoms with Crippen molar-refractivity contribution in [1.29, 1.82) is 0 Å². The zero-order valence-electron chi connectivity index (χ0n) is 7.38. The molecule has 0 saturated carbocycles. The van der Waals surface area contributed by atoms with E-state index in [1.165, 1.54) is 0 Å². The predicted molar refractivity (Wildman–Crippen MR) is 62.0 cm³/mol. The molecule has 0 radical (unpaired) electrons. The second-order valence-electron chi connectivity index (χ2n) is 2.90. The zero-order valence-corrected chi connectivity index (χ0v) is 10.6. The normalized spacial score (nSPS) is 10.5. The molecule has 0 atom stereocenters. The van der Waals surface area contributed by atoms with Crippen LogP contribution in [-0.2, 0) is 0 Å². The van der Waals surface area contributed by atoms with Gasteiger partial charge in [-0.2, -0.15) is 5.10 Å². The summed E-state index contributed by atoms with van der Waals surface area (Å²) in [6.45, 7) is 1.88. The van der Waals surface area contributed by atoms with Crippen LogP contribution in [-0.4, -0.2) is 15.2 Å². The SMILES string of the molecule is Cc1nc(-c2cc(Br)cc(Br)c2)n[nH]1. The number of nitrogens with zero attached hydrogens (tertiary/aromatic N) is 2. The van der Waals surface area contributed by atoms with E-state index in [1.807, 2.05) is 25.1 Å². The fraction of sp³-hybridized carbons (Fsp3) is 0.111. The molecule has 72 valence electrons. The van der Waals surface area contributed by atoms with Crippen LogP contribution in [0.25, 0.3) is 11.4 Å². The van der Waals surface area contributed by atoms with Crippen LogP contribution in [0.4, 0.5) is 0 Å². The third kappa shape index (κ3) is 2.04. The van der Waals surface area contributed by atoms with Crippen LogP contribution in [0.1, 0.15) is 5.82 Å². The van der Waals surface area contributed by atoms with E-state index in [1.54, 1.807) is 0 Å². The highest BCUT2D eigenvalue weighted by Crippen LogP contribution is 2.25. The summed E-state index contributed by atoms with van der Waals surface area (Å²) in [6, 6.07) is 5.93. The van der Waals surface area contributed by atoms with Crippen molar-refractivity contribution < 1.29 is 0 Å². The molecule has 3 nitrogen and oxygen atoms in total. The van der Waals surface area contributed by atoms with Gasteiger partial charge in [0, 0.05) is 14.5 Å². The Morgan fingerprint density at radius 2 is 1.79 bits per heavy atom. The second-order valence-corrected chi connectivity index (χ2v) is 4.73. The third-order valence-electron chi connectivity index (χ3n) is 1.72. The molecule has 0 aliphatic rings. The van der Waals surface area contributed by atoms with Crippen molar-refractivity contribution in [3.63, 3.8) is 0 Å². The third-order valence-corrected chi connectivity index (χ3v) is 2.63. The molecule has 1 aromatic heterocycles. The first-order chi connectivity index (χ1) is 6.65. The first-order valence-corrected chi connectivity index (χ1v) is 5.59. The molecule has 0 saturated heterocycles. The minimum absolute atomic E-state index is 0.713. The lowest BCUT2D eigenvalue weighted by Gasteiger charge is -1.97. The predicted octanol–water partition coefficient (Wildman–Crippen LogP) is 3.31. The standard InChI is InChI=1S/C9H7Br2N3/c1-5-12-9(14-13-5)6-2-7(10)4-8(11)3-6/h2-4H,1H3,(H,12,13,14). The monoisotopic (exact) mass is 315 g/mol. The van der Waals surface area contributed by atoms with Gasteiger partial charge in [-0.05, 0) is 25.1 Å². The van der Waals surface area contributed by atoms with Gasteiger partial charge in [0.15, 0.2) is 5.82 Å². The summed E-state index contributed by atoms with van der Waals surface area (Å²) in [7, 11) is 0. The van der Waals surface area contributed by atoms with Crippen LogP contribution in [0.2, 0.25) is 0 Å². The van der Waals surface area contributed by atoms with Crippen LogP contribution in [0.15, 0.2) is 27.1 Å². The number of halogens is 2. The largest absolute Gasteiger partial charge is 0.263 e. The summed E-state index contributed by atoms with van der Waals surface area (Å²) >= 11 is 6.84. The molecule has 1 aromatic carbocycles. The molecule has 0 aliphatic carbocycles. The molecule has 0 fully saturated rings. The molecule has 2 aromatic rings. The highest BCUT2D eigenvalue weighted by molar-refractivity contribution is 9.11. The van der Waals surface area contributed by atoms with E-state index in [4.69, 9.17) is 0 Å². The maximum absolute atomic E-state index is 4.25. The van der Waals surface area contributed by atoms with Gasteiger partial charge >= 0.3 is 0 Å². The van der Waals surface area contributed by atoms with Gasteiger partial charge in [0.2, 0.25) is 0 Å². The number of aryl methyl sites for hydroxylation is 1. The van der Waals surface area contributed by atoms with Crippen molar-refractivity contribution >= 4 is 31.9 Å². The number of rotatable bonds is 1. The van der Waals surface area contributed by atoms with Gasteiger partial charge < -0.3 is 0 Å². The Kier molecular flexibility index (Phi) is 2.69. The van der Waals surface area contributed by atoms with Gasteiger partial charge in [-0.1, -0.05) is 31.9 Å². The number of aromatic nitrogens is 3. The smallest absolute Gasteiger partial charge is 0.181 e. The van der Waals surface area contributed by atoms with E-state index in [0.29, 0.717) is 5.82 Å². The van der Waals surface area contributed by atoms with Gasteiger partial charge in [0.1, 0.15) is 5.82 Å². The van der Waals surface area contributed by atoms with Crippen molar-refractivity contribution in [2.75, 3.05) is 0 Å². The number of H-pyrrole nitrogens is 1. The summed E-state index contributed by atoms with van der Waals surface area (Å²) < 4.78 is 2.01. The Bertz CT molecular complexity index is 445. The number of hydrogen-bond acceptors (Lipinski definition) is 2. The number of benzene rings is 1. The summed E-state index contributed by atoms with van der Waals surface area (Å²) in [5, 5.41) is 6.90. The Labute approximate surface area is 98.2 Å². The van der Waals surface area contributed by atoms with Crippen LogP contribution < -0.4 is 0 Å². The first-order valence-electron chi connectivity index (χ1n) is 4.00. The molecule has 1 heterocycles. The highest BCUT2D eigenvalue weighted by atomic mass is 79.9. The van der Waals surface area contributed by atoms with Gasteiger partial charge in [-0.3, -0.25) is 5.10 Å². The average Bonchev–Trinajstić information content (AvgIpc) is 2.50. The first kappa shape index (κ1) is 9.86. The minimum Gasteiger partial charge on any atom is -0.263 e. The summed E-state index contributed by atoms with van der Waals surface area (Å²) in [5.41, 5.74) is 0.982. The van der Waals surface area contributed by atoms with E-state index in [0.717, 1.165) is 20.3 Å². The van der Waals surface area contributed by atoms with Gasteiger partial charge in [0.05, 0.1) is 0 Å². The molecule has 1 N–H and O–H groups in total. The van der Waals surface area contributed by atoms with Crippen LogP contribution in [0, 0.1) is 6.92 Å². The topological polar surface area (TPSA) is 41.6 Å². The quantitative estimate of drug-likeness (QED) is 0.877. The van der Waals surface area contributed by atoms with E-state index in [2.05, 4.69) is 47.0 Å². The lowest BCUT2D eigenvalue weighted by molar-refractivity contribution is 1.04. The minimum atomic E-state index is 0.713. The zero-order chi connectivity index (χ0) is 10.1. The van der Waals surface area contributed by atoms with Crippen molar-refractivity contribution in [2.24, 2.45) is 0 Å². The fourth-order valence-corrected chi connectivity index (χ4v) is 2.45. The van der Waals surface area contributed by atoms with Crippen molar-refractivity contribution in [3.05, 3.63) is 33.0 Å². The summed E-state index contributed by atoms with van der Waals surface area (Å²) in [4.78, 5) is 4.25. The Hall–Kier alpha value is -0.680. The lowest BCUT2D eigenvalue weighted by Crippen LogP contribution is -1.81. The van der Waals surface area contributed by atoms with E-state index < -0.39 is 0 Å². The van der Waals surface area contributed by atoms with Crippen molar-refractivity contribution in [3.8, 4) is 11.4 Å². The van der Waals surface area contributed by atoms with Crippen LogP contribution >= 0.6 is 31.9 Å². The molecule has 0 bridgehead atoms. The molecular weight excluding hydrogens is 310 g/mol. The van der Waals surface area contributed by atoms with Crippen LogP contribution in [0.5, 0.6) is 0 Å². The second kappa shape index (κ2) is 3.82. The highest BCUT2D eigenvalue weighted by Gasteiger charge is 2.05. The van der Waals surface area contributed by atoms with Crippen molar-refractivity contribution in [1.82, 2.24) is 15.2 Å². The number of aromatic amines is 1. The lowest BCUT2D eigenvalue weighted by atomic mass is 10.2. The van der Waals surface area contributed by atoms with E-state index in [-0.39, 0.29) is 0 Å². The maximum atomic E-state index is 4.25. The molecule has 14 heavy (non-hydrogen) atoms. The van der Waals surface area contributed by atoms with Gasteiger partial charge in [-0.25, -0.2) is 4.98 Å². The Balaban J connectivity index is 2.51. The molecule has 5 heteroatoms. The van der Waals surface area contributed by atoms with Gasteiger partial charge in [0.25, 0.3) is 0 Å². The molecule has 2 rings (SSSR count). The average molecular weight is 317 g/mol. The molecule has 0 amide bonds. The van der Waals surface area contributed by atoms with E-state index in [9.17, 15) is 0 Å². The van der Waals surface area contributed by atoms with Crippen LogP contribution in [0.3, 0.4) is 0 Å². The maximum Gasteiger partial charge on any atom is 0.181 e. The molecule has 0 unspecified atom stereocenters. The Morgan fingerprint density at radius 3 is 2.29 bits per heavy atom. The summed E-state index contributed by atoms with van der Waals surface area (Å²) in [6.07, 6.45) is 0. The van der Waals surface area contributed by atoms with Gasteiger partial charge in [-0.15, -0.1) is 0 Å². The molecule has 0 aliphatic heterocycles. The Morgan fingerprint density at radius 1 is 1.14 bits per heavy atom. The molecular formula is C9H7Br2N3. The fourth-order valence-electron chi connectivity index (χ4n) is 1.15. The summed E-state index contributed by atoms with van der Waals surface area (Å²) in [5.74, 6) is 1.53. The number of nitrogens with one attached hydrogen (secondary N) is 1. The van der Waals surface area contributed by atoms with Crippen molar-refractivity contribution in [2.45, 2.75) is 6.92 Å². The molecule has 0 spiro atoms.